The highest BCUT2D eigenvalue weighted by molar-refractivity contribution is 8.00. The highest BCUT2D eigenvalue weighted by atomic mass is 32.2. The van der Waals surface area contributed by atoms with Crippen molar-refractivity contribution in [2.75, 3.05) is 44.9 Å². The van der Waals surface area contributed by atoms with Crippen molar-refractivity contribution in [1.82, 2.24) is 4.98 Å². The zero-order valence-corrected chi connectivity index (χ0v) is 18.3. The van der Waals surface area contributed by atoms with Crippen LogP contribution in [-0.2, 0) is 4.79 Å². The molecule has 3 aromatic rings. The van der Waals surface area contributed by atoms with Crippen LogP contribution in [0.15, 0.2) is 47.4 Å². The molecule has 1 amide bonds. The van der Waals surface area contributed by atoms with E-state index in [-0.39, 0.29) is 5.91 Å². The van der Waals surface area contributed by atoms with Gasteiger partial charge in [-0.15, -0.1) is 11.8 Å². The zero-order valence-electron chi connectivity index (χ0n) is 16.7. The van der Waals surface area contributed by atoms with Gasteiger partial charge in [0.05, 0.1) is 44.7 Å². The number of fused-ring (bicyclic) bond motifs is 1. The molecule has 5 nitrogen and oxygen atoms in total. The smallest absolute Gasteiger partial charge is 0.239 e. The summed E-state index contributed by atoms with van der Waals surface area (Å²) in [6.07, 6.45) is 0. The summed E-state index contributed by atoms with van der Waals surface area (Å²) in [5.41, 5.74) is 2.03. The molecule has 148 valence electrons. The number of benzene rings is 2. The Morgan fingerprint density at radius 3 is 2.64 bits per heavy atom. The van der Waals surface area contributed by atoms with Gasteiger partial charge in [-0.2, -0.15) is 0 Å². The molecule has 0 aliphatic carbocycles. The lowest BCUT2D eigenvalue weighted by Crippen LogP contribution is -3.06. The van der Waals surface area contributed by atoms with Crippen LogP contribution >= 0.6 is 23.1 Å². The molecule has 0 aliphatic rings. The van der Waals surface area contributed by atoms with Crippen molar-refractivity contribution in [3.63, 3.8) is 0 Å². The number of rotatable bonds is 8. The fourth-order valence-electron chi connectivity index (χ4n) is 2.71. The predicted molar refractivity (Wildman–Crippen MR) is 118 cm³/mol. The molecule has 0 aliphatic heterocycles. The quantitative estimate of drug-likeness (QED) is 0.574. The van der Waals surface area contributed by atoms with E-state index in [1.807, 2.05) is 23.1 Å². The lowest BCUT2D eigenvalue weighted by Gasteiger charge is -2.20. The summed E-state index contributed by atoms with van der Waals surface area (Å²) in [4.78, 5) is 22.0. The molecule has 0 saturated carbocycles. The number of likely N-dealkylation sites (N-methyl/N-ethyl adjacent to an activating group) is 1. The van der Waals surface area contributed by atoms with Crippen LogP contribution in [-0.4, -0.2) is 50.9 Å². The van der Waals surface area contributed by atoms with Crippen molar-refractivity contribution < 1.29 is 14.4 Å². The Labute approximate surface area is 174 Å². The van der Waals surface area contributed by atoms with Crippen LogP contribution in [0.5, 0.6) is 5.75 Å². The molecule has 0 atom stereocenters. The lowest BCUT2D eigenvalue weighted by atomic mass is 10.2. The normalized spacial score (nSPS) is 11.2. The Balaban J connectivity index is 1.81. The topological polar surface area (TPSA) is 46.9 Å². The summed E-state index contributed by atoms with van der Waals surface area (Å²) in [5.74, 6) is 1.20. The van der Waals surface area contributed by atoms with Crippen molar-refractivity contribution >= 4 is 44.4 Å². The fraction of sp³-hybridized carbons (Fsp3) is 0.333. The Hall–Kier alpha value is -2.09. The largest absolute Gasteiger partial charge is 0.494 e. The predicted octanol–water partition coefficient (Wildman–Crippen LogP) is 2.88. The number of hydrogen-bond acceptors (Lipinski definition) is 5. The third-order valence-electron chi connectivity index (χ3n) is 4.34. The van der Waals surface area contributed by atoms with Crippen molar-refractivity contribution in [3.05, 3.63) is 48.0 Å². The van der Waals surface area contributed by atoms with Crippen LogP contribution < -0.4 is 14.5 Å². The second-order valence-corrected chi connectivity index (χ2v) is 8.97. The van der Waals surface area contributed by atoms with E-state index in [0.29, 0.717) is 12.3 Å². The number of carbonyl (C=O) groups is 1. The van der Waals surface area contributed by atoms with Crippen molar-refractivity contribution in [2.45, 2.75) is 11.8 Å². The van der Waals surface area contributed by atoms with Crippen molar-refractivity contribution in [2.24, 2.45) is 0 Å². The van der Waals surface area contributed by atoms with Gasteiger partial charge in [-0.3, -0.25) is 9.69 Å². The Kier molecular flexibility index (Phi) is 6.93. The van der Waals surface area contributed by atoms with Gasteiger partial charge < -0.3 is 9.64 Å². The Morgan fingerprint density at radius 2 is 1.96 bits per heavy atom. The van der Waals surface area contributed by atoms with Crippen LogP contribution in [0.3, 0.4) is 0 Å². The molecular weight excluding hydrogens is 390 g/mol. The first-order valence-electron chi connectivity index (χ1n) is 9.20. The van der Waals surface area contributed by atoms with E-state index in [1.54, 1.807) is 18.9 Å². The molecule has 2 aromatic carbocycles. The summed E-state index contributed by atoms with van der Waals surface area (Å²) in [7, 11) is 5.82. The van der Waals surface area contributed by atoms with Crippen molar-refractivity contribution in [3.8, 4) is 5.75 Å². The maximum Gasteiger partial charge on any atom is 0.239 e. The number of ether oxygens (including phenoxy) is 1. The average molecular weight is 417 g/mol. The number of methoxy groups -OCH3 is 1. The molecule has 0 radical (unpaired) electrons. The van der Waals surface area contributed by atoms with Gasteiger partial charge in [0.15, 0.2) is 5.13 Å². The van der Waals surface area contributed by atoms with Gasteiger partial charge in [-0.1, -0.05) is 35.1 Å². The summed E-state index contributed by atoms with van der Waals surface area (Å²) in [6, 6.07) is 14.1. The number of anilines is 1. The molecule has 3 rings (SSSR count). The number of thiazole rings is 1. The average Bonchev–Trinajstić information content (AvgIpc) is 3.11. The van der Waals surface area contributed by atoms with E-state index >= 15 is 0 Å². The number of amides is 1. The number of carbonyl (C=O) groups excluding carboxylic acids is 1. The van der Waals surface area contributed by atoms with E-state index in [9.17, 15) is 4.79 Å². The molecular formula is C21H26N3O2S2+. The summed E-state index contributed by atoms with van der Waals surface area (Å²) < 4.78 is 6.45. The molecule has 1 N–H and O–H groups in total. The maximum atomic E-state index is 13.1. The molecule has 0 fully saturated rings. The highest BCUT2D eigenvalue weighted by Crippen LogP contribution is 2.34. The van der Waals surface area contributed by atoms with Gasteiger partial charge >= 0.3 is 0 Å². The first kappa shape index (κ1) is 20.6. The standard InChI is InChI=1S/C21H25N3O2S2/c1-15-8-10-16(11-9-15)27-14-19(25)24(13-12-23(2)3)21-22-20-17(26-4)6-5-7-18(20)28-21/h5-11H,12-14H2,1-4H3/p+1. The van der Waals surface area contributed by atoms with Crippen LogP contribution in [0, 0.1) is 6.92 Å². The number of para-hydroxylation sites is 1. The lowest BCUT2D eigenvalue weighted by molar-refractivity contribution is -0.856. The summed E-state index contributed by atoms with van der Waals surface area (Å²) in [6.45, 7) is 3.55. The summed E-state index contributed by atoms with van der Waals surface area (Å²) >= 11 is 3.10. The minimum Gasteiger partial charge on any atom is -0.494 e. The molecule has 0 saturated heterocycles. The monoisotopic (exact) mass is 416 g/mol. The molecule has 1 heterocycles. The number of aryl methyl sites for hydroxylation is 1. The van der Waals surface area contributed by atoms with Crippen LogP contribution in [0.1, 0.15) is 5.56 Å². The Bertz CT molecular complexity index is 938. The first-order chi connectivity index (χ1) is 13.5. The van der Waals surface area contributed by atoms with Gasteiger partial charge in [0.25, 0.3) is 0 Å². The third-order valence-corrected chi connectivity index (χ3v) is 6.38. The van der Waals surface area contributed by atoms with Gasteiger partial charge in [0.2, 0.25) is 5.91 Å². The maximum absolute atomic E-state index is 13.1. The number of nitrogens with zero attached hydrogens (tertiary/aromatic N) is 2. The molecule has 0 bridgehead atoms. The number of thioether (sulfide) groups is 1. The highest BCUT2D eigenvalue weighted by Gasteiger charge is 2.21. The van der Waals surface area contributed by atoms with E-state index in [1.165, 1.54) is 21.8 Å². The van der Waals surface area contributed by atoms with E-state index in [4.69, 9.17) is 9.72 Å². The second kappa shape index (κ2) is 9.41. The van der Waals surface area contributed by atoms with Gasteiger partial charge in [0, 0.05) is 4.90 Å². The van der Waals surface area contributed by atoms with Crippen LogP contribution in [0.25, 0.3) is 10.2 Å². The van der Waals surface area contributed by atoms with Crippen LogP contribution in [0.2, 0.25) is 0 Å². The molecule has 0 unspecified atom stereocenters. The zero-order chi connectivity index (χ0) is 20.1. The summed E-state index contributed by atoms with van der Waals surface area (Å²) in [5, 5.41) is 0.732. The number of hydrogen-bond donors (Lipinski definition) is 1. The molecule has 1 aromatic heterocycles. The second-order valence-electron chi connectivity index (χ2n) is 6.91. The molecule has 7 heteroatoms. The number of aromatic nitrogens is 1. The van der Waals surface area contributed by atoms with Gasteiger partial charge in [-0.25, -0.2) is 4.98 Å². The fourth-order valence-corrected chi connectivity index (χ4v) is 4.51. The number of nitrogens with one attached hydrogen (secondary N) is 1. The van der Waals surface area contributed by atoms with E-state index < -0.39 is 0 Å². The van der Waals surface area contributed by atoms with E-state index in [0.717, 1.165) is 32.5 Å². The van der Waals surface area contributed by atoms with Gasteiger partial charge in [-0.05, 0) is 31.2 Å². The van der Waals surface area contributed by atoms with Gasteiger partial charge in [0.1, 0.15) is 11.3 Å². The molecule has 0 spiro atoms. The SMILES string of the molecule is COc1cccc2sc(N(CC[NH+](C)C)C(=O)CSc3ccc(C)cc3)nc12. The Morgan fingerprint density at radius 1 is 1.21 bits per heavy atom. The van der Waals surface area contributed by atoms with Crippen molar-refractivity contribution in [1.29, 1.82) is 0 Å². The minimum absolute atomic E-state index is 0.0739. The first-order valence-corrected chi connectivity index (χ1v) is 11.0. The van der Waals surface area contributed by atoms with E-state index in [2.05, 4.69) is 45.3 Å². The van der Waals surface area contributed by atoms with Crippen LogP contribution in [0.4, 0.5) is 5.13 Å². The molecule has 28 heavy (non-hydrogen) atoms. The minimum atomic E-state index is 0.0739. The third kappa shape index (κ3) is 5.04. The number of quaternary nitrogens is 1.